The van der Waals surface area contributed by atoms with Crippen LogP contribution in [0.15, 0.2) is 35.5 Å². The van der Waals surface area contributed by atoms with Gasteiger partial charge in [-0.05, 0) is 12.1 Å². The van der Waals surface area contributed by atoms with Gasteiger partial charge in [0.05, 0.1) is 29.0 Å². The molecule has 0 fully saturated rings. The van der Waals surface area contributed by atoms with Crippen molar-refractivity contribution in [3.05, 3.63) is 57.5 Å². The number of aromatic nitrogens is 3. The van der Waals surface area contributed by atoms with Crippen LogP contribution in [0.3, 0.4) is 0 Å². The average Bonchev–Trinajstić information content (AvgIpc) is 2.43. The molecule has 98 valence electrons. The van der Waals surface area contributed by atoms with E-state index < -0.39 is 11.6 Å². The van der Waals surface area contributed by atoms with Gasteiger partial charge < -0.3 is 0 Å². The van der Waals surface area contributed by atoms with Gasteiger partial charge in [0, 0.05) is 12.4 Å². The number of halogens is 1. The summed E-state index contributed by atoms with van der Waals surface area (Å²) in [5.41, 5.74) is 2.52. The smallest absolute Gasteiger partial charge is 0.292 e. The minimum Gasteiger partial charge on any atom is -0.292 e. The Morgan fingerprint density at radius 2 is 2.16 bits per heavy atom. The van der Waals surface area contributed by atoms with Crippen LogP contribution < -0.4 is 17.0 Å². The zero-order valence-corrected chi connectivity index (χ0v) is 10.5. The number of rotatable bonds is 3. The predicted octanol–water partition coefficient (Wildman–Crippen LogP) is -0.0565. The Bertz CT molecular complexity index is 653. The first-order valence-electron chi connectivity index (χ1n) is 5.28. The lowest BCUT2D eigenvalue weighted by atomic mass is 10.2. The molecular weight excluding hydrogens is 270 g/mol. The molecule has 0 saturated heterocycles. The average molecular weight is 280 g/mol. The summed E-state index contributed by atoms with van der Waals surface area (Å²) in [5.74, 6) is 4.58. The molecule has 2 aromatic rings. The summed E-state index contributed by atoms with van der Waals surface area (Å²) in [6.45, 7) is 0.219. The molecule has 2 heterocycles. The van der Waals surface area contributed by atoms with E-state index in [4.69, 9.17) is 17.4 Å². The normalized spacial score (nSPS) is 10.2. The lowest BCUT2D eigenvalue weighted by Gasteiger charge is -2.05. The molecule has 8 heteroatoms. The van der Waals surface area contributed by atoms with Crippen molar-refractivity contribution < 1.29 is 4.79 Å². The quantitative estimate of drug-likeness (QED) is 0.466. The summed E-state index contributed by atoms with van der Waals surface area (Å²) in [7, 11) is 0. The van der Waals surface area contributed by atoms with Crippen LogP contribution in [-0.4, -0.2) is 20.4 Å². The molecule has 0 aliphatic carbocycles. The van der Waals surface area contributed by atoms with Crippen LogP contribution in [0.25, 0.3) is 0 Å². The molecule has 0 aromatic carbocycles. The number of nitrogen functional groups attached to an aromatic ring is 1. The molecule has 3 N–H and O–H groups in total. The van der Waals surface area contributed by atoms with Gasteiger partial charge in [0.15, 0.2) is 0 Å². The maximum absolute atomic E-state index is 11.5. The molecule has 0 unspecified atom stereocenters. The molecule has 0 bridgehead atoms. The Morgan fingerprint density at radius 1 is 1.37 bits per heavy atom. The van der Waals surface area contributed by atoms with Gasteiger partial charge in [-0.3, -0.25) is 19.8 Å². The van der Waals surface area contributed by atoms with E-state index in [0.717, 1.165) is 0 Å². The van der Waals surface area contributed by atoms with Crippen molar-refractivity contribution in [3.8, 4) is 0 Å². The second-order valence-electron chi connectivity index (χ2n) is 3.69. The molecule has 2 rings (SSSR count). The highest BCUT2D eigenvalue weighted by molar-refractivity contribution is 6.30. The fraction of sp³-hybridized carbons (Fsp3) is 0.0909. The third-order valence-electron chi connectivity index (χ3n) is 2.37. The van der Waals surface area contributed by atoms with E-state index in [9.17, 15) is 9.59 Å². The Morgan fingerprint density at radius 3 is 2.79 bits per heavy atom. The van der Waals surface area contributed by atoms with E-state index in [1.54, 1.807) is 12.1 Å². The summed E-state index contributed by atoms with van der Waals surface area (Å²) in [5, 5.41) is 0.360. The molecule has 0 radical (unpaired) electrons. The standard InChI is InChI=1S/C11H10ClN5O2/c12-8-4-15-11(19)17(5-8)6-9-2-1-7(3-14-9)10(18)16-13/h1-5H,6,13H2,(H,16,18). The van der Waals surface area contributed by atoms with E-state index in [2.05, 4.69) is 9.97 Å². The van der Waals surface area contributed by atoms with Crippen LogP contribution in [0.5, 0.6) is 0 Å². The van der Waals surface area contributed by atoms with Gasteiger partial charge in [-0.15, -0.1) is 0 Å². The van der Waals surface area contributed by atoms with Crippen molar-refractivity contribution in [2.45, 2.75) is 6.54 Å². The van der Waals surface area contributed by atoms with Crippen LogP contribution in [-0.2, 0) is 6.54 Å². The van der Waals surface area contributed by atoms with Crippen molar-refractivity contribution in [1.29, 1.82) is 0 Å². The molecule has 0 spiro atoms. The van der Waals surface area contributed by atoms with Crippen molar-refractivity contribution in [3.63, 3.8) is 0 Å². The summed E-state index contributed by atoms with van der Waals surface area (Å²) in [6.07, 6.45) is 4.13. The van der Waals surface area contributed by atoms with Gasteiger partial charge in [0.25, 0.3) is 5.91 Å². The minimum atomic E-state index is -0.430. The van der Waals surface area contributed by atoms with Crippen LogP contribution in [0.1, 0.15) is 16.1 Å². The lowest BCUT2D eigenvalue weighted by Crippen LogP contribution is -2.30. The summed E-state index contributed by atoms with van der Waals surface area (Å²) < 4.78 is 1.33. The third kappa shape index (κ3) is 3.15. The van der Waals surface area contributed by atoms with Crippen LogP contribution in [0.2, 0.25) is 5.02 Å². The van der Waals surface area contributed by atoms with Gasteiger partial charge in [-0.1, -0.05) is 11.6 Å². The topological polar surface area (TPSA) is 103 Å². The number of hydrazine groups is 1. The van der Waals surface area contributed by atoms with Gasteiger partial charge >= 0.3 is 5.69 Å². The maximum Gasteiger partial charge on any atom is 0.347 e. The summed E-state index contributed by atoms with van der Waals surface area (Å²) in [6, 6.07) is 3.19. The number of nitrogens with zero attached hydrogens (tertiary/aromatic N) is 3. The summed E-state index contributed by atoms with van der Waals surface area (Å²) >= 11 is 5.76. The first-order chi connectivity index (χ1) is 9.10. The first-order valence-corrected chi connectivity index (χ1v) is 5.66. The molecule has 1 amide bonds. The van der Waals surface area contributed by atoms with E-state index in [1.807, 2.05) is 5.43 Å². The lowest BCUT2D eigenvalue weighted by molar-refractivity contribution is 0.0953. The molecule has 7 nitrogen and oxygen atoms in total. The van der Waals surface area contributed by atoms with E-state index >= 15 is 0 Å². The number of hydrogen-bond acceptors (Lipinski definition) is 5. The fourth-order valence-corrected chi connectivity index (χ4v) is 1.62. The SMILES string of the molecule is NNC(=O)c1ccc(Cn2cc(Cl)cnc2=O)nc1. The third-order valence-corrected chi connectivity index (χ3v) is 2.57. The Labute approximate surface area is 113 Å². The van der Waals surface area contributed by atoms with Crippen molar-refractivity contribution >= 4 is 17.5 Å². The van der Waals surface area contributed by atoms with Crippen LogP contribution in [0.4, 0.5) is 0 Å². The maximum atomic E-state index is 11.5. The van der Waals surface area contributed by atoms with Gasteiger partial charge in [-0.25, -0.2) is 15.6 Å². The zero-order chi connectivity index (χ0) is 13.8. The largest absolute Gasteiger partial charge is 0.347 e. The molecule has 0 atom stereocenters. The number of nitrogens with one attached hydrogen (secondary N) is 1. The van der Waals surface area contributed by atoms with Crippen molar-refractivity contribution in [1.82, 2.24) is 20.0 Å². The van der Waals surface area contributed by atoms with Crippen LogP contribution in [0, 0.1) is 0 Å². The Balaban J connectivity index is 2.22. The molecule has 19 heavy (non-hydrogen) atoms. The first kappa shape index (κ1) is 13.2. The Kier molecular flexibility index (Phi) is 3.88. The van der Waals surface area contributed by atoms with Crippen LogP contribution >= 0.6 is 11.6 Å². The monoisotopic (exact) mass is 279 g/mol. The second kappa shape index (κ2) is 5.59. The number of carbonyl (C=O) groups excluding carboxylic acids is 1. The van der Waals surface area contributed by atoms with Gasteiger partial charge in [0.1, 0.15) is 0 Å². The number of hydrogen-bond donors (Lipinski definition) is 2. The number of amides is 1. The minimum absolute atomic E-state index is 0.219. The number of carbonyl (C=O) groups is 1. The highest BCUT2D eigenvalue weighted by Crippen LogP contribution is 2.05. The molecular formula is C11H10ClN5O2. The number of pyridine rings is 1. The van der Waals surface area contributed by atoms with E-state index in [-0.39, 0.29) is 6.54 Å². The van der Waals surface area contributed by atoms with Gasteiger partial charge in [0.2, 0.25) is 0 Å². The second-order valence-corrected chi connectivity index (χ2v) is 4.13. The highest BCUT2D eigenvalue weighted by atomic mass is 35.5. The molecule has 0 aliphatic rings. The molecule has 0 saturated carbocycles. The molecule has 0 aliphatic heterocycles. The summed E-state index contributed by atoms with van der Waals surface area (Å²) in [4.78, 5) is 30.4. The highest BCUT2D eigenvalue weighted by Gasteiger charge is 2.05. The van der Waals surface area contributed by atoms with Crippen molar-refractivity contribution in [2.24, 2.45) is 5.84 Å². The van der Waals surface area contributed by atoms with Gasteiger partial charge in [-0.2, -0.15) is 0 Å². The predicted molar refractivity (Wildman–Crippen MR) is 68.5 cm³/mol. The fourth-order valence-electron chi connectivity index (χ4n) is 1.45. The van der Waals surface area contributed by atoms with Crippen molar-refractivity contribution in [2.75, 3.05) is 0 Å². The molecule has 2 aromatic heterocycles. The van der Waals surface area contributed by atoms with E-state index in [1.165, 1.54) is 23.2 Å². The van der Waals surface area contributed by atoms with E-state index in [0.29, 0.717) is 16.3 Å². The zero-order valence-electron chi connectivity index (χ0n) is 9.71. The Hall–Kier alpha value is -2.25. The number of nitrogens with two attached hydrogens (primary N) is 1.